The third-order valence-electron chi connectivity index (χ3n) is 4.61. The maximum Gasteiger partial charge on any atom is 0.240 e. The number of amides is 2. The monoisotopic (exact) mass is 429 g/mol. The van der Waals surface area contributed by atoms with Crippen molar-refractivity contribution in [2.24, 2.45) is 0 Å². The molecule has 27 heavy (non-hydrogen) atoms. The van der Waals surface area contributed by atoms with Crippen molar-refractivity contribution in [1.29, 1.82) is 0 Å². The lowest BCUT2D eigenvalue weighted by Crippen LogP contribution is -2.55. The minimum atomic E-state index is -0.456. The molecule has 1 atom stereocenters. The molecule has 1 heterocycles. The van der Waals surface area contributed by atoms with Gasteiger partial charge in [-0.15, -0.1) is 0 Å². The molecule has 2 amide bonds. The van der Waals surface area contributed by atoms with Crippen LogP contribution < -0.4 is 10.6 Å². The number of nitrogens with zero attached hydrogens (tertiary/aromatic N) is 1. The molecule has 0 radical (unpaired) electrons. The fourth-order valence-electron chi connectivity index (χ4n) is 3.21. The van der Waals surface area contributed by atoms with Gasteiger partial charge in [0.1, 0.15) is 0 Å². The molecule has 6 heteroatoms. The molecule has 2 aromatic carbocycles. The molecule has 5 nitrogen and oxygen atoms in total. The Morgan fingerprint density at radius 2 is 1.93 bits per heavy atom. The smallest absolute Gasteiger partial charge is 0.240 e. The summed E-state index contributed by atoms with van der Waals surface area (Å²) < 4.78 is 0.997. The van der Waals surface area contributed by atoms with Gasteiger partial charge in [0.2, 0.25) is 11.8 Å². The second kappa shape index (κ2) is 9.67. The number of hydrogen-bond donors (Lipinski definition) is 2. The fourth-order valence-corrected chi connectivity index (χ4v) is 3.66. The molecule has 142 valence electrons. The van der Waals surface area contributed by atoms with E-state index in [0.29, 0.717) is 26.2 Å². The third kappa shape index (κ3) is 5.91. The molecule has 1 fully saturated rings. The van der Waals surface area contributed by atoms with Gasteiger partial charge in [0.15, 0.2) is 0 Å². The Morgan fingerprint density at radius 3 is 2.70 bits per heavy atom. The molecular weight excluding hydrogens is 406 g/mol. The number of carbonyl (C=O) groups excluding carboxylic acids is 2. The predicted octanol–water partition coefficient (Wildman–Crippen LogP) is 2.50. The Morgan fingerprint density at radius 1 is 1.15 bits per heavy atom. The van der Waals surface area contributed by atoms with Gasteiger partial charge in [-0.2, -0.15) is 0 Å². The molecule has 1 aliphatic rings. The van der Waals surface area contributed by atoms with Crippen LogP contribution in [0.3, 0.4) is 0 Å². The molecule has 2 N–H and O–H groups in total. The molecule has 1 aliphatic heterocycles. The highest BCUT2D eigenvalue weighted by Crippen LogP contribution is 2.15. The van der Waals surface area contributed by atoms with Crippen LogP contribution in [0.5, 0.6) is 0 Å². The maximum atomic E-state index is 12.7. The van der Waals surface area contributed by atoms with E-state index in [-0.39, 0.29) is 18.2 Å². The topological polar surface area (TPSA) is 61.4 Å². The van der Waals surface area contributed by atoms with Crippen LogP contribution in [-0.2, 0) is 22.6 Å². The quantitative estimate of drug-likeness (QED) is 0.710. The van der Waals surface area contributed by atoms with Gasteiger partial charge in [-0.25, -0.2) is 0 Å². The number of halogens is 1. The molecule has 2 aromatic rings. The molecule has 0 spiro atoms. The van der Waals surface area contributed by atoms with E-state index >= 15 is 0 Å². The lowest BCUT2D eigenvalue weighted by molar-refractivity contribution is -0.138. The number of carbonyl (C=O) groups is 2. The van der Waals surface area contributed by atoms with Crippen molar-refractivity contribution in [3.05, 3.63) is 70.2 Å². The summed E-state index contributed by atoms with van der Waals surface area (Å²) in [5.41, 5.74) is 2.26. The van der Waals surface area contributed by atoms with Gasteiger partial charge in [0.05, 0.1) is 12.5 Å². The van der Waals surface area contributed by atoms with Gasteiger partial charge >= 0.3 is 0 Å². The summed E-state index contributed by atoms with van der Waals surface area (Å²) in [6.07, 6.45) is 0.955. The average Bonchev–Trinajstić information content (AvgIpc) is 2.66. The normalized spacial score (nSPS) is 17.0. The number of nitrogens with one attached hydrogen (secondary N) is 2. The fraction of sp³-hybridized carbons (Fsp3) is 0.333. The zero-order chi connectivity index (χ0) is 19.1. The molecule has 0 aliphatic carbocycles. The number of benzene rings is 2. The van der Waals surface area contributed by atoms with Crippen LogP contribution in [0.4, 0.5) is 0 Å². The first-order chi connectivity index (χ1) is 13.1. The van der Waals surface area contributed by atoms with Crippen LogP contribution >= 0.6 is 15.9 Å². The van der Waals surface area contributed by atoms with E-state index in [9.17, 15) is 9.59 Å². The number of hydrogen-bond acceptors (Lipinski definition) is 3. The lowest BCUT2D eigenvalue weighted by Gasteiger charge is -2.33. The minimum absolute atomic E-state index is 0.0144. The molecular formula is C21H24BrN3O2. The first-order valence-corrected chi connectivity index (χ1v) is 9.98. The highest BCUT2D eigenvalue weighted by molar-refractivity contribution is 9.10. The Balaban J connectivity index is 1.47. The second-order valence-corrected chi connectivity index (χ2v) is 7.60. The third-order valence-corrected chi connectivity index (χ3v) is 5.11. The summed E-state index contributed by atoms with van der Waals surface area (Å²) in [6, 6.07) is 17.5. The molecule has 1 unspecified atom stereocenters. The Bertz CT molecular complexity index is 782. The van der Waals surface area contributed by atoms with Crippen molar-refractivity contribution in [2.45, 2.75) is 25.4 Å². The number of rotatable bonds is 7. The van der Waals surface area contributed by atoms with Crippen LogP contribution in [0, 0.1) is 0 Å². The van der Waals surface area contributed by atoms with E-state index in [1.165, 1.54) is 5.56 Å². The van der Waals surface area contributed by atoms with Crippen molar-refractivity contribution in [1.82, 2.24) is 15.5 Å². The van der Waals surface area contributed by atoms with Crippen LogP contribution in [0.1, 0.15) is 17.5 Å². The first kappa shape index (κ1) is 19.6. The van der Waals surface area contributed by atoms with Crippen LogP contribution in [-0.4, -0.2) is 42.4 Å². The second-order valence-electron chi connectivity index (χ2n) is 6.69. The van der Waals surface area contributed by atoms with Crippen LogP contribution in [0.2, 0.25) is 0 Å². The molecule has 1 saturated heterocycles. The minimum Gasteiger partial charge on any atom is -0.356 e. The molecule has 3 rings (SSSR count). The lowest BCUT2D eigenvalue weighted by atomic mass is 10.1. The molecule has 0 saturated carbocycles. The van der Waals surface area contributed by atoms with Crippen LogP contribution in [0.15, 0.2) is 59.1 Å². The van der Waals surface area contributed by atoms with Crippen molar-refractivity contribution < 1.29 is 9.59 Å². The summed E-state index contributed by atoms with van der Waals surface area (Å²) in [5, 5.41) is 6.09. The van der Waals surface area contributed by atoms with E-state index in [4.69, 9.17) is 0 Å². The highest BCUT2D eigenvalue weighted by Gasteiger charge is 2.29. The van der Waals surface area contributed by atoms with E-state index in [1.807, 2.05) is 59.5 Å². The van der Waals surface area contributed by atoms with Gasteiger partial charge in [0, 0.05) is 30.7 Å². The zero-order valence-electron chi connectivity index (χ0n) is 15.2. The van der Waals surface area contributed by atoms with Crippen molar-refractivity contribution in [3.63, 3.8) is 0 Å². The number of piperazine rings is 1. The largest absolute Gasteiger partial charge is 0.356 e. The van der Waals surface area contributed by atoms with E-state index in [0.717, 1.165) is 16.5 Å². The molecule has 0 bridgehead atoms. The van der Waals surface area contributed by atoms with E-state index in [2.05, 4.69) is 26.6 Å². The van der Waals surface area contributed by atoms with Gasteiger partial charge in [-0.05, 0) is 29.7 Å². The average molecular weight is 430 g/mol. The van der Waals surface area contributed by atoms with Gasteiger partial charge in [0.25, 0.3) is 0 Å². The first-order valence-electron chi connectivity index (χ1n) is 9.19. The van der Waals surface area contributed by atoms with Crippen molar-refractivity contribution in [3.8, 4) is 0 Å². The summed E-state index contributed by atoms with van der Waals surface area (Å²) in [7, 11) is 0. The maximum absolute atomic E-state index is 12.7. The van der Waals surface area contributed by atoms with Gasteiger partial charge in [-0.1, -0.05) is 58.4 Å². The van der Waals surface area contributed by atoms with E-state index < -0.39 is 6.04 Å². The summed E-state index contributed by atoms with van der Waals surface area (Å²) in [5.74, 6) is -0.111. The highest BCUT2D eigenvalue weighted by atomic mass is 79.9. The van der Waals surface area contributed by atoms with E-state index in [1.54, 1.807) is 0 Å². The predicted molar refractivity (Wildman–Crippen MR) is 109 cm³/mol. The van der Waals surface area contributed by atoms with Crippen molar-refractivity contribution in [2.75, 3.05) is 19.6 Å². The Hall–Kier alpha value is -2.18. The zero-order valence-corrected chi connectivity index (χ0v) is 16.7. The summed E-state index contributed by atoms with van der Waals surface area (Å²) >= 11 is 3.46. The molecule has 0 aromatic heterocycles. The van der Waals surface area contributed by atoms with Crippen LogP contribution in [0.25, 0.3) is 0 Å². The van der Waals surface area contributed by atoms with Crippen molar-refractivity contribution >= 4 is 27.7 Å². The Labute approximate surface area is 168 Å². The van der Waals surface area contributed by atoms with Gasteiger partial charge in [-0.3, -0.25) is 9.59 Å². The summed E-state index contributed by atoms with van der Waals surface area (Å²) in [4.78, 5) is 26.8. The Kier molecular flexibility index (Phi) is 7.01. The van der Waals surface area contributed by atoms with Gasteiger partial charge < -0.3 is 15.5 Å². The summed E-state index contributed by atoms with van der Waals surface area (Å²) in [6.45, 7) is 2.48. The standard InChI is InChI=1S/C21H24BrN3O2/c22-18-8-4-7-17(13-18)15-25-12-11-23-19(21(25)27)14-20(26)24-10-9-16-5-2-1-3-6-16/h1-8,13,19,23H,9-12,14-15H2,(H,24,26). The SMILES string of the molecule is O=C(CC1NCCN(Cc2cccc(Br)c2)C1=O)NCCc1ccccc1.